The molecule has 4 heteroatoms. The summed E-state index contributed by atoms with van der Waals surface area (Å²) in [4.78, 5) is 14.6. The largest absolute Gasteiger partial charge is 0.327 e. The van der Waals surface area contributed by atoms with Crippen molar-refractivity contribution in [3.8, 4) is 0 Å². The van der Waals surface area contributed by atoms with Crippen LogP contribution in [0, 0.1) is 5.92 Å². The van der Waals surface area contributed by atoms with Gasteiger partial charge in [0.05, 0.1) is 5.92 Å². The number of hydrogen-bond donors (Lipinski definition) is 2. The normalized spacial score (nSPS) is 18.8. The Morgan fingerprint density at radius 3 is 2.60 bits per heavy atom. The molecule has 1 aromatic carbocycles. The number of para-hydroxylation sites is 1. The van der Waals surface area contributed by atoms with Crippen LogP contribution in [0.25, 0.3) is 0 Å². The molecule has 0 aliphatic carbocycles. The summed E-state index contributed by atoms with van der Waals surface area (Å²) in [5.74, 6) is -0.191. The smallest absolute Gasteiger partial charge is 0.228 e. The summed E-state index contributed by atoms with van der Waals surface area (Å²) in [5.41, 5.74) is 7.89. The molecule has 4 nitrogen and oxygen atoms in total. The maximum absolute atomic E-state index is 12.1. The van der Waals surface area contributed by atoms with Crippen LogP contribution in [0.1, 0.15) is 32.3 Å². The highest BCUT2D eigenvalue weighted by Crippen LogP contribution is 2.20. The molecule has 2 atom stereocenters. The number of likely N-dealkylation sites (tertiary alicyclic amines) is 1. The van der Waals surface area contributed by atoms with Crippen molar-refractivity contribution in [2.75, 3.05) is 18.4 Å². The average molecular weight is 275 g/mol. The standard InChI is InChI=1S/C16H25N3O/c1-12(13(2)17)16(20)18-15-8-4-3-7-14(15)11-19-9-5-6-10-19/h3-4,7-8,12-13H,5-6,9-11,17H2,1-2H3,(H,18,20). The van der Waals surface area contributed by atoms with E-state index in [2.05, 4.69) is 16.3 Å². The number of amides is 1. The molecule has 1 fully saturated rings. The van der Waals surface area contributed by atoms with Gasteiger partial charge < -0.3 is 11.1 Å². The number of hydrogen-bond acceptors (Lipinski definition) is 3. The van der Waals surface area contributed by atoms with E-state index in [-0.39, 0.29) is 17.9 Å². The van der Waals surface area contributed by atoms with Gasteiger partial charge in [-0.05, 0) is 44.5 Å². The van der Waals surface area contributed by atoms with E-state index in [0.717, 1.165) is 25.3 Å². The fourth-order valence-electron chi connectivity index (χ4n) is 2.45. The lowest BCUT2D eigenvalue weighted by Gasteiger charge is -2.20. The molecule has 0 spiro atoms. The maximum atomic E-state index is 12.1. The minimum absolute atomic E-state index is 0.00567. The SMILES string of the molecule is CC(N)C(C)C(=O)Nc1ccccc1CN1CCCC1. The fourth-order valence-corrected chi connectivity index (χ4v) is 2.45. The Morgan fingerprint density at radius 1 is 1.30 bits per heavy atom. The number of carbonyl (C=O) groups excluding carboxylic acids is 1. The van der Waals surface area contributed by atoms with E-state index in [9.17, 15) is 4.79 Å². The van der Waals surface area contributed by atoms with Crippen LogP contribution in [0.3, 0.4) is 0 Å². The second-order valence-electron chi connectivity index (χ2n) is 5.78. The molecule has 20 heavy (non-hydrogen) atoms. The summed E-state index contributed by atoms with van der Waals surface area (Å²) in [5, 5.41) is 3.02. The van der Waals surface area contributed by atoms with Gasteiger partial charge in [-0.1, -0.05) is 25.1 Å². The molecule has 0 radical (unpaired) electrons. The number of benzene rings is 1. The van der Waals surface area contributed by atoms with E-state index >= 15 is 0 Å². The van der Waals surface area contributed by atoms with Crippen molar-refractivity contribution >= 4 is 11.6 Å². The first kappa shape index (κ1) is 15.0. The van der Waals surface area contributed by atoms with E-state index in [1.807, 2.05) is 32.0 Å². The Hall–Kier alpha value is -1.39. The van der Waals surface area contributed by atoms with Crippen LogP contribution < -0.4 is 11.1 Å². The molecular formula is C16H25N3O. The third kappa shape index (κ3) is 3.81. The van der Waals surface area contributed by atoms with Crippen molar-refractivity contribution in [2.45, 2.75) is 39.3 Å². The monoisotopic (exact) mass is 275 g/mol. The predicted molar refractivity (Wildman–Crippen MR) is 82.4 cm³/mol. The van der Waals surface area contributed by atoms with Crippen LogP contribution in [-0.4, -0.2) is 29.9 Å². The van der Waals surface area contributed by atoms with Gasteiger partial charge in [0.15, 0.2) is 0 Å². The zero-order chi connectivity index (χ0) is 14.5. The Morgan fingerprint density at radius 2 is 1.95 bits per heavy atom. The summed E-state index contributed by atoms with van der Waals surface area (Å²) >= 11 is 0. The molecule has 1 aliphatic rings. The van der Waals surface area contributed by atoms with E-state index in [1.165, 1.54) is 18.4 Å². The lowest BCUT2D eigenvalue weighted by atomic mass is 10.0. The molecule has 1 heterocycles. The highest BCUT2D eigenvalue weighted by molar-refractivity contribution is 5.93. The van der Waals surface area contributed by atoms with Gasteiger partial charge in [-0.25, -0.2) is 0 Å². The van der Waals surface area contributed by atoms with Gasteiger partial charge in [-0.3, -0.25) is 9.69 Å². The molecule has 1 aliphatic heterocycles. The van der Waals surface area contributed by atoms with Crippen molar-refractivity contribution < 1.29 is 4.79 Å². The number of rotatable bonds is 5. The van der Waals surface area contributed by atoms with Crippen molar-refractivity contribution in [3.05, 3.63) is 29.8 Å². The van der Waals surface area contributed by atoms with Crippen LogP contribution in [0.2, 0.25) is 0 Å². The maximum Gasteiger partial charge on any atom is 0.228 e. The first-order valence-corrected chi connectivity index (χ1v) is 7.44. The van der Waals surface area contributed by atoms with Gasteiger partial charge in [0, 0.05) is 18.3 Å². The molecule has 1 amide bonds. The van der Waals surface area contributed by atoms with E-state index in [4.69, 9.17) is 5.73 Å². The van der Waals surface area contributed by atoms with Gasteiger partial charge in [-0.2, -0.15) is 0 Å². The van der Waals surface area contributed by atoms with Gasteiger partial charge in [0.25, 0.3) is 0 Å². The van der Waals surface area contributed by atoms with E-state index in [0.29, 0.717) is 0 Å². The Balaban J connectivity index is 2.05. The van der Waals surface area contributed by atoms with Gasteiger partial charge in [-0.15, -0.1) is 0 Å². The minimum Gasteiger partial charge on any atom is -0.327 e. The number of carbonyl (C=O) groups is 1. The first-order chi connectivity index (χ1) is 9.58. The molecule has 0 bridgehead atoms. The molecule has 0 aromatic heterocycles. The van der Waals surface area contributed by atoms with Crippen LogP contribution in [0.4, 0.5) is 5.69 Å². The summed E-state index contributed by atoms with van der Waals surface area (Å²) in [7, 11) is 0. The van der Waals surface area contributed by atoms with Crippen LogP contribution >= 0.6 is 0 Å². The zero-order valence-corrected chi connectivity index (χ0v) is 12.4. The Kier molecular flexibility index (Phi) is 5.15. The number of anilines is 1. The third-order valence-electron chi connectivity index (χ3n) is 4.07. The second-order valence-corrected chi connectivity index (χ2v) is 5.78. The summed E-state index contributed by atoms with van der Waals surface area (Å²) in [6.45, 7) is 6.93. The van der Waals surface area contributed by atoms with Crippen molar-refractivity contribution in [3.63, 3.8) is 0 Å². The van der Waals surface area contributed by atoms with E-state index < -0.39 is 0 Å². The second kappa shape index (κ2) is 6.86. The van der Waals surface area contributed by atoms with Gasteiger partial charge >= 0.3 is 0 Å². The van der Waals surface area contributed by atoms with Crippen LogP contribution in [0.5, 0.6) is 0 Å². The number of nitrogens with one attached hydrogen (secondary N) is 1. The molecule has 2 rings (SSSR count). The third-order valence-corrected chi connectivity index (χ3v) is 4.07. The predicted octanol–water partition coefficient (Wildman–Crippen LogP) is 2.20. The summed E-state index contributed by atoms with van der Waals surface area (Å²) in [6, 6.07) is 7.90. The van der Waals surface area contributed by atoms with Gasteiger partial charge in [0.2, 0.25) is 5.91 Å². The highest BCUT2D eigenvalue weighted by Gasteiger charge is 2.19. The lowest BCUT2D eigenvalue weighted by molar-refractivity contribution is -0.119. The molecule has 110 valence electrons. The van der Waals surface area contributed by atoms with Crippen molar-refractivity contribution in [2.24, 2.45) is 11.7 Å². The average Bonchev–Trinajstić information content (AvgIpc) is 2.92. The highest BCUT2D eigenvalue weighted by atomic mass is 16.1. The summed E-state index contributed by atoms with van der Waals surface area (Å²) in [6.07, 6.45) is 2.55. The minimum atomic E-state index is -0.185. The topological polar surface area (TPSA) is 58.4 Å². The summed E-state index contributed by atoms with van der Waals surface area (Å²) < 4.78 is 0. The van der Waals surface area contributed by atoms with Crippen LogP contribution in [-0.2, 0) is 11.3 Å². The van der Waals surface area contributed by atoms with Crippen molar-refractivity contribution in [1.29, 1.82) is 0 Å². The van der Waals surface area contributed by atoms with Gasteiger partial charge in [0.1, 0.15) is 0 Å². The number of nitrogens with zero attached hydrogens (tertiary/aromatic N) is 1. The molecular weight excluding hydrogens is 250 g/mol. The first-order valence-electron chi connectivity index (χ1n) is 7.44. The lowest BCUT2D eigenvalue weighted by Crippen LogP contribution is -2.34. The number of nitrogens with two attached hydrogens (primary N) is 1. The molecule has 3 N–H and O–H groups in total. The Bertz CT molecular complexity index is 453. The Labute approximate surface area is 121 Å². The van der Waals surface area contributed by atoms with Crippen LogP contribution in [0.15, 0.2) is 24.3 Å². The molecule has 1 aromatic rings. The molecule has 0 saturated carbocycles. The van der Waals surface area contributed by atoms with E-state index in [1.54, 1.807) is 0 Å². The molecule has 2 unspecified atom stereocenters. The van der Waals surface area contributed by atoms with Crippen molar-refractivity contribution in [1.82, 2.24) is 4.90 Å². The quantitative estimate of drug-likeness (QED) is 0.866. The zero-order valence-electron chi connectivity index (χ0n) is 12.4. The molecule has 1 saturated heterocycles. The fraction of sp³-hybridized carbons (Fsp3) is 0.562.